The Balaban J connectivity index is 2.30. The molecule has 0 fully saturated rings. The number of carbonyl (C=O) groups excluding carboxylic acids is 1. The second-order valence-corrected chi connectivity index (χ2v) is 4.66. The first-order valence-corrected chi connectivity index (χ1v) is 6.25. The van der Waals surface area contributed by atoms with Crippen LogP contribution < -0.4 is 5.32 Å². The zero-order valence-corrected chi connectivity index (χ0v) is 11.6. The Hall–Kier alpha value is -2.89. The molecule has 0 heterocycles. The van der Waals surface area contributed by atoms with E-state index in [9.17, 15) is 20.0 Å². The number of rotatable bonds is 3. The third kappa shape index (κ3) is 3.00. The van der Waals surface area contributed by atoms with Crippen LogP contribution in [0.3, 0.4) is 0 Å². The van der Waals surface area contributed by atoms with E-state index in [1.54, 1.807) is 38.1 Å². The number of hydrogen-bond donors (Lipinski definition) is 2. The number of amides is 1. The van der Waals surface area contributed by atoms with Crippen molar-refractivity contribution in [2.24, 2.45) is 0 Å². The Morgan fingerprint density at radius 3 is 2.62 bits per heavy atom. The first-order valence-electron chi connectivity index (χ1n) is 6.25. The summed E-state index contributed by atoms with van der Waals surface area (Å²) in [6.45, 7) is 3.25. The van der Waals surface area contributed by atoms with Gasteiger partial charge < -0.3 is 10.4 Å². The molecule has 0 saturated heterocycles. The van der Waals surface area contributed by atoms with Gasteiger partial charge in [-0.3, -0.25) is 14.9 Å². The average molecular weight is 286 g/mol. The number of nitrogens with zero attached hydrogens (tertiary/aromatic N) is 1. The molecule has 2 aromatic rings. The lowest BCUT2D eigenvalue weighted by Gasteiger charge is -2.09. The molecule has 108 valence electrons. The summed E-state index contributed by atoms with van der Waals surface area (Å²) in [7, 11) is 0. The van der Waals surface area contributed by atoms with Crippen molar-refractivity contribution >= 4 is 17.3 Å². The van der Waals surface area contributed by atoms with Crippen LogP contribution in [0.2, 0.25) is 0 Å². The fraction of sp³-hybridized carbons (Fsp3) is 0.133. The lowest BCUT2D eigenvalue weighted by molar-refractivity contribution is -0.385. The number of carbonyl (C=O) groups is 1. The topological polar surface area (TPSA) is 92.5 Å². The molecule has 0 aromatic heterocycles. The maximum atomic E-state index is 12.2. The van der Waals surface area contributed by atoms with Crippen molar-refractivity contribution < 1.29 is 14.8 Å². The summed E-state index contributed by atoms with van der Waals surface area (Å²) in [5.74, 6) is -0.404. The molecule has 2 aromatic carbocycles. The van der Waals surface area contributed by atoms with Crippen LogP contribution in [0.15, 0.2) is 36.4 Å². The van der Waals surface area contributed by atoms with E-state index >= 15 is 0 Å². The van der Waals surface area contributed by atoms with Gasteiger partial charge in [-0.25, -0.2) is 0 Å². The molecule has 0 aliphatic carbocycles. The second kappa shape index (κ2) is 5.62. The molecule has 0 radical (unpaired) electrons. The van der Waals surface area contributed by atoms with Gasteiger partial charge in [0.05, 0.1) is 4.92 Å². The fourth-order valence-electron chi connectivity index (χ4n) is 1.95. The number of nitro benzene ring substituents is 1. The Morgan fingerprint density at radius 1 is 1.24 bits per heavy atom. The van der Waals surface area contributed by atoms with Crippen LogP contribution in [0.5, 0.6) is 5.75 Å². The average Bonchev–Trinajstić information content (AvgIpc) is 2.43. The summed E-state index contributed by atoms with van der Waals surface area (Å²) in [6, 6.07) is 9.11. The van der Waals surface area contributed by atoms with Crippen molar-refractivity contribution in [3.63, 3.8) is 0 Å². The van der Waals surface area contributed by atoms with E-state index in [4.69, 9.17) is 0 Å². The highest BCUT2D eigenvalue weighted by molar-refractivity contribution is 6.05. The van der Waals surface area contributed by atoms with Gasteiger partial charge in [0.1, 0.15) is 5.75 Å². The monoisotopic (exact) mass is 286 g/mol. The minimum Gasteiger partial charge on any atom is -0.508 e. The molecule has 21 heavy (non-hydrogen) atoms. The lowest BCUT2D eigenvalue weighted by atomic mass is 10.1. The Bertz CT molecular complexity index is 726. The molecule has 0 saturated carbocycles. The van der Waals surface area contributed by atoms with Crippen LogP contribution in [0, 0.1) is 24.0 Å². The zero-order valence-electron chi connectivity index (χ0n) is 11.6. The van der Waals surface area contributed by atoms with Gasteiger partial charge >= 0.3 is 0 Å². The number of phenols is 1. The molecule has 0 atom stereocenters. The van der Waals surface area contributed by atoms with E-state index < -0.39 is 10.8 Å². The van der Waals surface area contributed by atoms with E-state index in [0.717, 1.165) is 0 Å². The minimum atomic E-state index is -0.495. The predicted molar refractivity (Wildman–Crippen MR) is 78.6 cm³/mol. The number of anilines is 1. The quantitative estimate of drug-likeness (QED) is 0.669. The van der Waals surface area contributed by atoms with Crippen LogP contribution >= 0.6 is 0 Å². The Morgan fingerprint density at radius 2 is 1.95 bits per heavy atom. The van der Waals surface area contributed by atoms with Crippen LogP contribution in [0.1, 0.15) is 21.5 Å². The van der Waals surface area contributed by atoms with Gasteiger partial charge in [0.25, 0.3) is 11.6 Å². The minimum absolute atomic E-state index is 0.0255. The predicted octanol–water partition coefficient (Wildman–Crippen LogP) is 3.17. The van der Waals surface area contributed by atoms with Crippen molar-refractivity contribution in [1.82, 2.24) is 0 Å². The summed E-state index contributed by atoms with van der Waals surface area (Å²) in [4.78, 5) is 22.6. The van der Waals surface area contributed by atoms with Crippen molar-refractivity contribution in [2.75, 3.05) is 5.32 Å². The lowest BCUT2D eigenvalue weighted by Crippen LogP contribution is -2.13. The first-order chi connectivity index (χ1) is 9.90. The molecular formula is C15H14N2O4. The third-order valence-electron chi connectivity index (χ3n) is 3.21. The number of aromatic hydroxyl groups is 1. The van der Waals surface area contributed by atoms with Gasteiger partial charge in [0.2, 0.25) is 0 Å². The van der Waals surface area contributed by atoms with Crippen LogP contribution in [0.4, 0.5) is 11.4 Å². The van der Waals surface area contributed by atoms with Gasteiger partial charge in [-0.2, -0.15) is 0 Å². The molecular weight excluding hydrogens is 272 g/mol. The molecule has 6 heteroatoms. The van der Waals surface area contributed by atoms with E-state index in [2.05, 4.69) is 5.32 Å². The highest BCUT2D eigenvalue weighted by Gasteiger charge is 2.15. The standard InChI is InChI=1S/C15H14N2O4/c1-9-6-7-11(8-13(9)17(20)21)16-15(19)12-4-3-5-14(18)10(12)2/h3-8,18H,1-2H3,(H,16,19). The van der Waals surface area contributed by atoms with Gasteiger partial charge in [0, 0.05) is 28.4 Å². The van der Waals surface area contributed by atoms with E-state index in [1.165, 1.54) is 12.1 Å². The van der Waals surface area contributed by atoms with Crippen molar-refractivity contribution in [3.8, 4) is 5.75 Å². The fourth-order valence-corrected chi connectivity index (χ4v) is 1.95. The van der Waals surface area contributed by atoms with E-state index in [-0.39, 0.29) is 11.4 Å². The summed E-state index contributed by atoms with van der Waals surface area (Å²) >= 11 is 0. The molecule has 2 N–H and O–H groups in total. The van der Waals surface area contributed by atoms with Crippen molar-refractivity contribution in [1.29, 1.82) is 0 Å². The number of aryl methyl sites for hydroxylation is 1. The summed E-state index contributed by atoms with van der Waals surface area (Å²) < 4.78 is 0. The van der Waals surface area contributed by atoms with Crippen molar-refractivity contribution in [3.05, 3.63) is 63.2 Å². The number of nitrogens with one attached hydrogen (secondary N) is 1. The maximum Gasteiger partial charge on any atom is 0.274 e. The van der Waals surface area contributed by atoms with Gasteiger partial charge in [0.15, 0.2) is 0 Å². The first kappa shape index (κ1) is 14.5. The largest absolute Gasteiger partial charge is 0.508 e. The van der Waals surface area contributed by atoms with E-state index in [0.29, 0.717) is 22.4 Å². The molecule has 0 bridgehead atoms. The zero-order chi connectivity index (χ0) is 15.6. The molecule has 0 aliphatic rings. The number of phenolic OH excluding ortho intramolecular Hbond substituents is 1. The molecule has 1 amide bonds. The smallest absolute Gasteiger partial charge is 0.274 e. The molecule has 6 nitrogen and oxygen atoms in total. The van der Waals surface area contributed by atoms with Crippen LogP contribution in [-0.4, -0.2) is 15.9 Å². The molecule has 0 spiro atoms. The van der Waals surface area contributed by atoms with Crippen molar-refractivity contribution in [2.45, 2.75) is 13.8 Å². The summed E-state index contributed by atoms with van der Waals surface area (Å²) in [5, 5.41) is 23.1. The highest BCUT2D eigenvalue weighted by atomic mass is 16.6. The van der Waals surface area contributed by atoms with Gasteiger partial charge in [-0.15, -0.1) is 0 Å². The highest BCUT2D eigenvalue weighted by Crippen LogP contribution is 2.24. The molecule has 0 unspecified atom stereocenters. The molecule has 2 rings (SSSR count). The number of hydrogen-bond acceptors (Lipinski definition) is 4. The Kier molecular flexibility index (Phi) is 3.89. The van der Waals surface area contributed by atoms with E-state index in [1.807, 2.05) is 0 Å². The normalized spacial score (nSPS) is 10.2. The molecule has 0 aliphatic heterocycles. The SMILES string of the molecule is Cc1ccc(NC(=O)c2cccc(O)c2C)cc1[N+](=O)[O-]. The van der Waals surface area contributed by atoms with Crippen LogP contribution in [-0.2, 0) is 0 Å². The van der Waals surface area contributed by atoms with Gasteiger partial charge in [-0.1, -0.05) is 12.1 Å². The third-order valence-corrected chi connectivity index (χ3v) is 3.21. The Labute approximate surface area is 121 Å². The summed E-state index contributed by atoms with van der Waals surface area (Å²) in [6.07, 6.45) is 0. The summed E-state index contributed by atoms with van der Waals surface area (Å²) in [5.41, 5.74) is 1.57. The van der Waals surface area contributed by atoms with Gasteiger partial charge in [-0.05, 0) is 32.0 Å². The second-order valence-electron chi connectivity index (χ2n) is 4.66. The van der Waals surface area contributed by atoms with Crippen LogP contribution in [0.25, 0.3) is 0 Å². The number of benzene rings is 2. The number of nitro groups is 1. The maximum absolute atomic E-state index is 12.2.